The van der Waals surface area contributed by atoms with Crippen LogP contribution in [0.25, 0.3) is 0 Å². The number of pyridine rings is 1. The SMILES string of the molecule is C[C@@]1(c2cc(NC(=O)c3ncc(O)cc3F)ccc2F)CC2(CCC(F)(F)CC2)OC(N)=N1. The van der Waals surface area contributed by atoms with Gasteiger partial charge in [0.2, 0.25) is 5.92 Å². The molecule has 4 N–H and O–H groups in total. The number of benzene rings is 1. The Morgan fingerprint density at radius 1 is 1.15 bits per heavy atom. The number of aromatic hydroxyl groups is 1. The highest BCUT2D eigenvalue weighted by atomic mass is 19.3. The normalized spacial score (nSPS) is 23.5. The third-order valence-corrected chi connectivity index (χ3v) is 6.08. The number of amides is 1. The molecule has 0 radical (unpaired) electrons. The summed E-state index contributed by atoms with van der Waals surface area (Å²) in [6.45, 7) is 1.61. The molecule has 4 rings (SSSR count). The molecule has 2 aromatic rings. The third kappa shape index (κ3) is 4.57. The first-order valence-corrected chi connectivity index (χ1v) is 10.3. The van der Waals surface area contributed by atoms with Crippen molar-refractivity contribution in [3.8, 4) is 5.75 Å². The number of hydrogen-bond donors (Lipinski definition) is 3. The number of nitrogens with one attached hydrogen (secondary N) is 1. The van der Waals surface area contributed by atoms with E-state index in [1.54, 1.807) is 6.92 Å². The second-order valence-corrected chi connectivity index (χ2v) is 8.71. The number of carbonyl (C=O) groups excluding carboxylic acids is 1. The number of halogens is 4. The topological polar surface area (TPSA) is 110 Å². The van der Waals surface area contributed by atoms with E-state index in [0.29, 0.717) is 0 Å². The summed E-state index contributed by atoms with van der Waals surface area (Å²) in [5.41, 5.74) is 3.27. The number of anilines is 1. The summed E-state index contributed by atoms with van der Waals surface area (Å²) >= 11 is 0. The van der Waals surface area contributed by atoms with Crippen LogP contribution in [-0.2, 0) is 10.3 Å². The highest BCUT2D eigenvalue weighted by Crippen LogP contribution is 2.49. The molecule has 7 nitrogen and oxygen atoms in total. The minimum atomic E-state index is -2.79. The van der Waals surface area contributed by atoms with Crippen molar-refractivity contribution in [1.29, 1.82) is 0 Å². The molecule has 33 heavy (non-hydrogen) atoms. The van der Waals surface area contributed by atoms with E-state index >= 15 is 0 Å². The zero-order valence-corrected chi connectivity index (χ0v) is 17.7. The van der Waals surface area contributed by atoms with Gasteiger partial charge in [0.15, 0.2) is 11.5 Å². The molecule has 1 aliphatic carbocycles. The Hall–Kier alpha value is -3.37. The maximum absolute atomic E-state index is 14.9. The van der Waals surface area contributed by atoms with Crippen LogP contribution in [0, 0.1) is 11.6 Å². The number of aromatic nitrogens is 1. The second kappa shape index (κ2) is 7.89. The van der Waals surface area contributed by atoms with Crippen molar-refractivity contribution < 1.29 is 32.2 Å². The minimum Gasteiger partial charge on any atom is -0.506 e. The Bertz CT molecular complexity index is 1130. The predicted octanol–water partition coefficient (Wildman–Crippen LogP) is 4.22. The van der Waals surface area contributed by atoms with Gasteiger partial charge in [-0.15, -0.1) is 0 Å². The number of nitrogens with two attached hydrogens (primary N) is 1. The van der Waals surface area contributed by atoms with Crippen LogP contribution >= 0.6 is 0 Å². The summed E-state index contributed by atoms with van der Waals surface area (Å²) < 4.78 is 62.0. The number of aliphatic imine (C=N–C) groups is 1. The van der Waals surface area contributed by atoms with Gasteiger partial charge in [-0.2, -0.15) is 0 Å². The first kappa shape index (κ1) is 22.8. The lowest BCUT2D eigenvalue weighted by atomic mass is 9.72. The van der Waals surface area contributed by atoms with Crippen LogP contribution < -0.4 is 11.1 Å². The van der Waals surface area contributed by atoms with Crippen molar-refractivity contribution in [1.82, 2.24) is 4.98 Å². The molecule has 1 spiro atoms. The van der Waals surface area contributed by atoms with Crippen LogP contribution in [0.4, 0.5) is 23.2 Å². The van der Waals surface area contributed by atoms with Gasteiger partial charge in [0, 0.05) is 36.6 Å². The van der Waals surface area contributed by atoms with E-state index in [4.69, 9.17) is 10.5 Å². The third-order valence-electron chi connectivity index (χ3n) is 6.08. The van der Waals surface area contributed by atoms with Crippen LogP contribution in [0.5, 0.6) is 5.75 Å². The largest absolute Gasteiger partial charge is 0.506 e. The van der Waals surface area contributed by atoms with Gasteiger partial charge in [0.05, 0.1) is 11.7 Å². The van der Waals surface area contributed by atoms with Gasteiger partial charge >= 0.3 is 0 Å². The molecule has 2 aliphatic rings. The number of rotatable bonds is 3. The fraction of sp³-hybridized carbons (Fsp3) is 0.409. The summed E-state index contributed by atoms with van der Waals surface area (Å²) in [7, 11) is 0. The predicted molar refractivity (Wildman–Crippen MR) is 111 cm³/mol. The quantitative estimate of drug-likeness (QED) is 0.587. The maximum Gasteiger partial charge on any atom is 0.283 e. The lowest BCUT2D eigenvalue weighted by molar-refractivity contribution is -0.112. The molecule has 1 atom stereocenters. The van der Waals surface area contributed by atoms with E-state index in [2.05, 4.69) is 15.3 Å². The first-order valence-electron chi connectivity index (χ1n) is 10.3. The molecule has 1 aromatic carbocycles. The van der Waals surface area contributed by atoms with Crippen LogP contribution in [0.1, 0.15) is 55.1 Å². The van der Waals surface area contributed by atoms with Gasteiger partial charge in [-0.3, -0.25) is 4.79 Å². The van der Waals surface area contributed by atoms with Gasteiger partial charge in [-0.05, 0) is 38.0 Å². The molecule has 1 aliphatic heterocycles. The van der Waals surface area contributed by atoms with Gasteiger partial charge in [0.25, 0.3) is 11.9 Å². The van der Waals surface area contributed by atoms with Gasteiger partial charge in [0.1, 0.15) is 17.2 Å². The van der Waals surface area contributed by atoms with Crippen LogP contribution in [0.15, 0.2) is 35.5 Å². The average molecular weight is 466 g/mol. The van der Waals surface area contributed by atoms with E-state index in [1.165, 1.54) is 12.1 Å². The maximum atomic E-state index is 14.9. The monoisotopic (exact) mass is 466 g/mol. The highest BCUT2D eigenvalue weighted by molar-refractivity contribution is 6.03. The van der Waals surface area contributed by atoms with Gasteiger partial charge < -0.3 is 20.9 Å². The molecular formula is C22H22F4N4O3. The summed E-state index contributed by atoms with van der Waals surface area (Å²) in [5, 5.41) is 11.7. The first-order chi connectivity index (χ1) is 15.4. The Morgan fingerprint density at radius 2 is 1.85 bits per heavy atom. The Kier molecular flexibility index (Phi) is 5.45. The van der Waals surface area contributed by atoms with Crippen molar-refractivity contribution in [2.45, 2.75) is 56.1 Å². The number of alkyl halides is 2. The van der Waals surface area contributed by atoms with Gasteiger partial charge in [-0.1, -0.05) is 0 Å². The molecule has 0 saturated heterocycles. The molecular weight excluding hydrogens is 444 g/mol. The van der Waals surface area contributed by atoms with Crippen molar-refractivity contribution in [2.75, 3.05) is 5.32 Å². The van der Waals surface area contributed by atoms with E-state index in [9.17, 15) is 27.5 Å². The van der Waals surface area contributed by atoms with Crippen molar-refractivity contribution in [3.63, 3.8) is 0 Å². The Labute approximate surface area is 186 Å². The number of carbonyl (C=O) groups is 1. The Morgan fingerprint density at radius 3 is 2.52 bits per heavy atom. The number of ether oxygens (including phenoxy) is 1. The fourth-order valence-corrected chi connectivity index (χ4v) is 4.50. The molecule has 1 saturated carbocycles. The van der Waals surface area contributed by atoms with Crippen molar-refractivity contribution in [3.05, 3.63) is 53.4 Å². The fourth-order valence-electron chi connectivity index (χ4n) is 4.50. The van der Waals surface area contributed by atoms with E-state index < -0.39 is 46.0 Å². The molecule has 0 unspecified atom stereocenters. The summed E-state index contributed by atoms with van der Waals surface area (Å²) in [6, 6.07) is 4.24. The molecule has 176 valence electrons. The number of amidine groups is 1. The van der Waals surface area contributed by atoms with Crippen LogP contribution in [0.3, 0.4) is 0 Å². The zero-order chi connectivity index (χ0) is 24.0. The lowest BCUT2D eigenvalue weighted by Crippen LogP contribution is -2.51. The summed E-state index contributed by atoms with van der Waals surface area (Å²) in [4.78, 5) is 20.3. The molecule has 0 bridgehead atoms. The molecule has 1 fully saturated rings. The second-order valence-electron chi connectivity index (χ2n) is 8.71. The minimum absolute atomic E-state index is 0.0374. The number of nitrogens with zero attached hydrogens (tertiary/aromatic N) is 2. The van der Waals surface area contributed by atoms with Crippen LogP contribution in [0.2, 0.25) is 0 Å². The van der Waals surface area contributed by atoms with Crippen LogP contribution in [-0.4, -0.2) is 33.5 Å². The number of hydrogen-bond acceptors (Lipinski definition) is 6. The van der Waals surface area contributed by atoms with Gasteiger partial charge in [-0.25, -0.2) is 27.5 Å². The molecule has 1 aromatic heterocycles. The van der Waals surface area contributed by atoms with E-state index in [0.717, 1.165) is 18.3 Å². The smallest absolute Gasteiger partial charge is 0.283 e. The summed E-state index contributed by atoms with van der Waals surface area (Å²) in [5.74, 6) is -5.80. The van der Waals surface area contributed by atoms with E-state index in [-0.39, 0.29) is 49.4 Å². The van der Waals surface area contributed by atoms with E-state index in [1.807, 2.05) is 0 Å². The molecule has 1 amide bonds. The zero-order valence-electron chi connectivity index (χ0n) is 17.7. The molecule has 11 heteroatoms. The summed E-state index contributed by atoms with van der Waals surface area (Å²) in [6.07, 6.45) is 0.354. The highest BCUT2D eigenvalue weighted by Gasteiger charge is 2.51. The lowest BCUT2D eigenvalue weighted by Gasteiger charge is -2.47. The molecule has 2 heterocycles. The average Bonchev–Trinajstić information content (AvgIpc) is 2.71. The van der Waals surface area contributed by atoms with Crippen molar-refractivity contribution in [2.24, 2.45) is 10.7 Å². The Balaban J connectivity index is 1.63. The van der Waals surface area contributed by atoms with Crippen molar-refractivity contribution >= 4 is 17.6 Å². The standard InChI is InChI=1S/C22H22F4N4O3/c1-20(11-21(33-19(27)30-20)4-6-22(25,26)7-5-21)14-8-12(2-3-15(14)23)29-18(32)17-16(24)9-13(31)10-28-17/h2-3,8-10,31H,4-7,11H2,1H3,(H2,27,30)(H,29,32)/t20-/m0/s1.